The van der Waals surface area contributed by atoms with Crippen LogP contribution in [0.25, 0.3) is 0 Å². The van der Waals surface area contributed by atoms with Gasteiger partial charge in [0, 0.05) is 13.1 Å². The number of hydrogen-bond acceptors (Lipinski definition) is 3. The molecule has 2 atom stereocenters. The van der Waals surface area contributed by atoms with E-state index in [2.05, 4.69) is 37.9 Å². The second-order valence-corrected chi connectivity index (χ2v) is 6.17. The molecule has 0 aliphatic carbocycles. The lowest BCUT2D eigenvalue weighted by molar-refractivity contribution is 0.129. The Morgan fingerprint density at radius 3 is 2.65 bits per heavy atom. The first kappa shape index (κ1) is 14.9. The number of nitrogens with zero attached hydrogens (tertiary/aromatic N) is 1. The van der Waals surface area contributed by atoms with Crippen LogP contribution in [-0.2, 0) is 0 Å². The van der Waals surface area contributed by atoms with Gasteiger partial charge >= 0.3 is 0 Å². The summed E-state index contributed by atoms with van der Waals surface area (Å²) >= 11 is 0. The van der Waals surface area contributed by atoms with Crippen molar-refractivity contribution in [3.63, 3.8) is 0 Å². The summed E-state index contributed by atoms with van der Waals surface area (Å²) in [6, 6.07) is 0. The molecular weight excluding hydrogens is 212 g/mol. The number of nitrogens with one attached hydrogen (secondary N) is 1. The Balaban J connectivity index is 2.41. The van der Waals surface area contributed by atoms with Crippen molar-refractivity contribution in [2.24, 2.45) is 11.8 Å². The molecule has 0 aromatic rings. The Labute approximate surface area is 107 Å². The second-order valence-electron chi connectivity index (χ2n) is 6.17. The van der Waals surface area contributed by atoms with Gasteiger partial charge in [-0.15, -0.1) is 0 Å². The molecule has 0 amide bonds. The summed E-state index contributed by atoms with van der Waals surface area (Å²) in [6.07, 6.45) is 2.43. The van der Waals surface area contributed by atoms with Gasteiger partial charge in [0.1, 0.15) is 0 Å². The third-order valence-corrected chi connectivity index (χ3v) is 3.97. The minimum absolute atomic E-state index is 0.137. The third-order valence-electron chi connectivity index (χ3n) is 3.97. The van der Waals surface area contributed by atoms with Crippen molar-refractivity contribution in [1.29, 1.82) is 0 Å². The van der Waals surface area contributed by atoms with Gasteiger partial charge in [-0.05, 0) is 44.7 Å². The van der Waals surface area contributed by atoms with Crippen LogP contribution in [0, 0.1) is 11.8 Å². The average molecular weight is 242 g/mol. The van der Waals surface area contributed by atoms with Gasteiger partial charge in [-0.2, -0.15) is 0 Å². The predicted octanol–water partition coefficient (Wildman–Crippen LogP) is 1.71. The molecule has 0 aromatic carbocycles. The molecule has 0 aromatic heterocycles. The molecule has 2 N–H and O–H groups in total. The van der Waals surface area contributed by atoms with Crippen LogP contribution in [0.5, 0.6) is 0 Å². The van der Waals surface area contributed by atoms with E-state index in [0.717, 1.165) is 31.3 Å². The Bertz CT molecular complexity index is 220. The fourth-order valence-electron chi connectivity index (χ4n) is 2.63. The summed E-state index contributed by atoms with van der Waals surface area (Å²) in [7, 11) is 0. The molecule has 0 saturated carbocycles. The molecular formula is C14H30N2O. The molecule has 1 aliphatic heterocycles. The van der Waals surface area contributed by atoms with Gasteiger partial charge in [-0.25, -0.2) is 0 Å². The molecule has 1 aliphatic rings. The third kappa shape index (κ3) is 4.57. The first-order valence-electron chi connectivity index (χ1n) is 7.09. The van der Waals surface area contributed by atoms with Crippen molar-refractivity contribution >= 4 is 0 Å². The highest BCUT2D eigenvalue weighted by Gasteiger charge is 2.31. The van der Waals surface area contributed by atoms with E-state index in [0.29, 0.717) is 0 Å². The summed E-state index contributed by atoms with van der Waals surface area (Å²) < 4.78 is 0. The van der Waals surface area contributed by atoms with E-state index in [1.807, 2.05) is 0 Å². The summed E-state index contributed by atoms with van der Waals surface area (Å²) in [4.78, 5) is 2.50. The summed E-state index contributed by atoms with van der Waals surface area (Å²) in [5.41, 5.74) is -0.137. The highest BCUT2D eigenvalue weighted by atomic mass is 16.3. The maximum Gasteiger partial charge on any atom is 0.0623 e. The fourth-order valence-corrected chi connectivity index (χ4v) is 2.63. The van der Waals surface area contributed by atoms with Crippen LogP contribution >= 0.6 is 0 Å². The lowest BCUT2D eigenvalue weighted by Gasteiger charge is -2.33. The minimum atomic E-state index is -0.137. The van der Waals surface area contributed by atoms with Gasteiger partial charge in [0.15, 0.2) is 0 Å². The zero-order valence-electron chi connectivity index (χ0n) is 12.0. The van der Waals surface area contributed by atoms with Gasteiger partial charge < -0.3 is 15.3 Å². The van der Waals surface area contributed by atoms with Crippen LogP contribution in [0.1, 0.15) is 40.5 Å². The van der Waals surface area contributed by atoms with Crippen molar-refractivity contribution < 1.29 is 5.11 Å². The molecule has 0 bridgehead atoms. The zero-order chi connectivity index (χ0) is 12.9. The SMILES string of the molecule is CCCNC(C)(CO)CN1CCC(C(C)C)C1. The van der Waals surface area contributed by atoms with E-state index < -0.39 is 0 Å². The first-order valence-corrected chi connectivity index (χ1v) is 7.09. The van der Waals surface area contributed by atoms with E-state index in [9.17, 15) is 5.11 Å². The predicted molar refractivity (Wildman–Crippen MR) is 73.2 cm³/mol. The molecule has 17 heavy (non-hydrogen) atoms. The summed E-state index contributed by atoms with van der Waals surface area (Å²) in [6.45, 7) is 13.5. The second kappa shape index (κ2) is 6.72. The molecule has 2 unspecified atom stereocenters. The van der Waals surface area contributed by atoms with Gasteiger partial charge in [0.2, 0.25) is 0 Å². The maximum atomic E-state index is 9.56. The Hall–Kier alpha value is -0.120. The summed E-state index contributed by atoms with van der Waals surface area (Å²) in [5, 5.41) is 13.0. The van der Waals surface area contributed by atoms with Gasteiger partial charge in [0.05, 0.1) is 12.1 Å². The number of likely N-dealkylation sites (tertiary alicyclic amines) is 1. The molecule has 1 saturated heterocycles. The first-order chi connectivity index (χ1) is 8.00. The molecule has 3 nitrogen and oxygen atoms in total. The zero-order valence-corrected chi connectivity index (χ0v) is 12.0. The minimum Gasteiger partial charge on any atom is -0.394 e. The van der Waals surface area contributed by atoms with Crippen molar-refractivity contribution in [2.45, 2.75) is 46.1 Å². The fraction of sp³-hybridized carbons (Fsp3) is 1.00. The van der Waals surface area contributed by atoms with Crippen LogP contribution < -0.4 is 5.32 Å². The molecule has 1 rings (SSSR count). The largest absolute Gasteiger partial charge is 0.394 e. The lowest BCUT2D eigenvalue weighted by atomic mass is 9.95. The number of rotatable bonds is 7. The van der Waals surface area contributed by atoms with Gasteiger partial charge in [-0.3, -0.25) is 0 Å². The van der Waals surface area contributed by atoms with Gasteiger partial charge in [0.25, 0.3) is 0 Å². The van der Waals surface area contributed by atoms with Crippen LogP contribution in [0.2, 0.25) is 0 Å². The standard InChI is InChI=1S/C14H30N2O/c1-5-7-15-14(4,11-17)10-16-8-6-13(9-16)12(2)3/h12-13,15,17H,5-11H2,1-4H3. The van der Waals surface area contributed by atoms with E-state index in [1.54, 1.807) is 0 Å². The molecule has 1 fully saturated rings. The molecule has 1 heterocycles. The van der Waals surface area contributed by atoms with E-state index >= 15 is 0 Å². The molecule has 3 heteroatoms. The van der Waals surface area contributed by atoms with Crippen molar-refractivity contribution in [1.82, 2.24) is 10.2 Å². The van der Waals surface area contributed by atoms with E-state index in [4.69, 9.17) is 0 Å². The maximum absolute atomic E-state index is 9.56. The Morgan fingerprint density at radius 1 is 1.47 bits per heavy atom. The monoisotopic (exact) mass is 242 g/mol. The van der Waals surface area contributed by atoms with Crippen molar-refractivity contribution in [3.05, 3.63) is 0 Å². The molecule has 102 valence electrons. The lowest BCUT2D eigenvalue weighted by Crippen LogP contribution is -2.53. The Morgan fingerprint density at radius 2 is 2.18 bits per heavy atom. The Kier molecular flexibility index (Phi) is 5.90. The smallest absolute Gasteiger partial charge is 0.0623 e. The molecule has 0 spiro atoms. The van der Waals surface area contributed by atoms with E-state index in [1.165, 1.54) is 19.5 Å². The summed E-state index contributed by atoms with van der Waals surface area (Å²) in [5.74, 6) is 1.62. The molecule has 0 radical (unpaired) electrons. The van der Waals surface area contributed by atoms with Crippen LogP contribution in [0.4, 0.5) is 0 Å². The van der Waals surface area contributed by atoms with E-state index in [-0.39, 0.29) is 12.1 Å². The van der Waals surface area contributed by atoms with Crippen LogP contribution in [0.15, 0.2) is 0 Å². The van der Waals surface area contributed by atoms with Gasteiger partial charge in [-0.1, -0.05) is 20.8 Å². The van der Waals surface area contributed by atoms with Crippen molar-refractivity contribution in [3.8, 4) is 0 Å². The average Bonchev–Trinajstić information content (AvgIpc) is 2.75. The number of hydrogen-bond donors (Lipinski definition) is 2. The quantitative estimate of drug-likeness (QED) is 0.713. The normalized spacial score (nSPS) is 25.4. The highest BCUT2D eigenvalue weighted by molar-refractivity contribution is 4.89. The number of aliphatic hydroxyl groups excluding tert-OH is 1. The topological polar surface area (TPSA) is 35.5 Å². The number of aliphatic hydroxyl groups is 1. The van der Waals surface area contributed by atoms with Crippen LogP contribution in [0.3, 0.4) is 0 Å². The van der Waals surface area contributed by atoms with Crippen LogP contribution in [-0.4, -0.2) is 48.3 Å². The highest BCUT2D eigenvalue weighted by Crippen LogP contribution is 2.24. The van der Waals surface area contributed by atoms with Crippen molar-refractivity contribution in [2.75, 3.05) is 32.8 Å².